The molecule has 1 amide bonds. The highest BCUT2D eigenvalue weighted by atomic mass is 16.2. The Morgan fingerprint density at radius 2 is 1.62 bits per heavy atom. The quantitative estimate of drug-likeness (QED) is 0.848. The maximum Gasteiger partial charge on any atom is 0.236 e. The van der Waals surface area contributed by atoms with Crippen molar-refractivity contribution in [2.75, 3.05) is 46.8 Å². The summed E-state index contributed by atoms with van der Waals surface area (Å²) in [5.74, 6) is 0.226. The first kappa shape index (κ1) is 17.4. The van der Waals surface area contributed by atoms with Gasteiger partial charge in [-0.3, -0.25) is 14.6 Å². The van der Waals surface area contributed by atoms with E-state index in [1.54, 1.807) is 4.90 Å². The van der Waals surface area contributed by atoms with Crippen LogP contribution in [0.4, 0.5) is 0 Å². The molecule has 0 atom stereocenters. The number of carbonyl (C=O) groups is 1. The molecule has 2 heterocycles. The van der Waals surface area contributed by atoms with Gasteiger partial charge in [0.2, 0.25) is 5.91 Å². The number of amides is 1. The Labute approximate surface area is 146 Å². The molecule has 2 fully saturated rings. The van der Waals surface area contributed by atoms with Crippen LogP contribution in [-0.4, -0.2) is 67.4 Å². The maximum absolute atomic E-state index is 11.9. The van der Waals surface area contributed by atoms with Gasteiger partial charge in [-0.05, 0) is 56.8 Å². The van der Waals surface area contributed by atoms with E-state index in [1.165, 1.54) is 43.5 Å². The van der Waals surface area contributed by atoms with Crippen LogP contribution < -0.4 is 0 Å². The van der Waals surface area contributed by atoms with Gasteiger partial charge in [0.05, 0.1) is 6.54 Å². The summed E-state index contributed by atoms with van der Waals surface area (Å²) in [4.78, 5) is 18.6. The number of benzene rings is 1. The van der Waals surface area contributed by atoms with Gasteiger partial charge in [-0.1, -0.05) is 29.8 Å². The zero-order valence-electron chi connectivity index (χ0n) is 15.4. The Morgan fingerprint density at radius 1 is 1.04 bits per heavy atom. The molecule has 132 valence electrons. The van der Waals surface area contributed by atoms with Crippen LogP contribution in [0.2, 0.25) is 0 Å². The minimum atomic E-state index is 0.226. The standard InChI is InChI=1S/C20H31N3O/c1-17-4-6-18(7-5-17)14-22-11-8-20(9-12-22)10-13-23(16-20)15-19(24)21(2)3/h4-7H,8-16H2,1-3H3. The van der Waals surface area contributed by atoms with Gasteiger partial charge in [-0.15, -0.1) is 0 Å². The second kappa shape index (κ2) is 7.24. The van der Waals surface area contributed by atoms with Crippen molar-refractivity contribution in [3.63, 3.8) is 0 Å². The summed E-state index contributed by atoms with van der Waals surface area (Å²) < 4.78 is 0. The molecule has 4 nitrogen and oxygen atoms in total. The van der Waals surface area contributed by atoms with Crippen molar-refractivity contribution in [2.45, 2.75) is 32.7 Å². The lowest BCUT2D eigenvalue weighted by molar-refractivity contribution is -0.129. The second-order valence-electron chi connectivity index (χ2n) is 8.01. The summed E-state index contributed by atoms with van der Waals surface area (Å²) in [7, 11) is 3.69. The molecule has 0 saturated carbocycles. The van der Waals surface area contributed by atoms with Gasteiger partial charge < -0.3 is 4.90 Å². The molecule has 1 spiro atoms. The molecule has 0 bridgehead atoms. The van der Waals surface area contributed by atoms with Crippen LogP contribution in [0.1, 0.15) is 30.4 Å². The van der Waals surface area contributed by atoms with Crippen molar-refractivity contribution in [3.05, 3.63) is 35.4 Å². The van der Waals surface area contributed by atoms with Crippen molar-refractivity contribution in [2.24, 2.45) is 5.41 Å². The third kappa shape index (κ3) is 4.17. The number of hydrogen-bond acceptors (Lipinski definition) is 3. The Morgan fingerprint density at radius 3 is 2.21 bits per heavy atom. The third-order valence-electron chi connectivity index (χ3n) is 5.82. The zero-order chi connectivity index (χ0) is 17.2. The van der Waals surface area contributed by atoms with Crippen molar-refractivity contribution in [1.82, 2.24) is 14.7 Å². The highest BCUT2D eigenvalue weighted by Gasteiger charge is 2.40. The van der Waals surface area contributed by atoms with E-state index in [2.05, 4.69) is 41.0 Å². The van der Waals surface area contributed by atoms with Crippen LogP contribution in [-0.2, 0) is 11.3 Å². The van der Waals surface area contributed by atoms with Gasteiger partial charge in [0.25, 0.3) is 0 Å². The van der Waals surface area contributed by atoms with E-state index in [-0.39, 0.29) is 5.91 Å². The topological polar surface area (TPSA) is 26.8 Å². The molecule has 24 heavy (non-hydrogen) atoms. The molecule has 2 aliphatic heterocycles. The second-order valence-corrected chi connectivity index (χ2v) is 8.01. The number of carbonyl (C=O) groups excluding carboxylic acids is 1. The SMILES string of the molecule is Cc1ccc(CN2CCC3(CC2)CCN(CC(=O)N(C)C)C3)cc1. The molecule has 0 radical (unpaired) electrons. The van der Waals surface area contributed by atoms with Crippen molar-refractivity contribution >= 4 is 5.91 Å². The molecular weight excluding hydrogens is 298 g/mol. The van der Waals surface area contributed by atoms with Gasteiger partial charge in [0.1, 0.15) is 0 Å². The van der Waals surface area contributed by atoms with E-state index < -0.39 is 0 Å². The number of piperidine rings is 1. The summed E-state index contributed by atoms with van der Waals surface area (Å²) >= 11 is 0. The van der Waals surface area contributed by atoms with Gasteiger partial charge in [0, 0.05) is 27.2 Å². The monoisotopic (exact) mass is 329 g/mol. The van der Waals surface area contributed by atoms with E-state index in [0.29, 0.717) is 12.0 Å². The highest BCUT2D eigenvalue weighted by molar-refractivity contribution is 5.77. The Kier molecular flexibility index (Phi) is 5.26. The van der Waals surface area contributed by atoms with Gasteiger partial charge in [-0.25, -0.2) is 0 Å². The zero-order valence-corrected chi connectivity index (χ0v) is 15.4. The molecule has 0 unspecified atom stereocenters. The Balaban J connectivity index is 1.48. The van der Waals surface area contributed by atoms with E-state index >= 15 is 0 Å². The lowest BCUT2D eigenvalue weighted by Crippen LogP contribution is -2.42. The number of nitrogens with zero attached hydrogens (tertiary/aromatic N) is 3. The van der Waals surface area contributed by atoms with Gasteiger partial charge >= 0.3 is 0 Å². The lowest BCUT2D eigenvalue weighted by atomic mass is 9.77. The molecule has 0 aromatic heterocycles. The molecule has 4 heteroatoms. The van der Waals surface area contributed by atoms with E-state index in [1.807, 2.05) is 14.1 Å². The van der Waals surface area contributed by atoms with Crippen molar-refractivity contribution in [3.8, 4) is 0 Å². The smallest absolute Gasteiger partial charge is 0.236 e. The van der Waals surface area contributed by atoms with Gasteiger partial charge in [-0.2, -0.15) is 0 Å². The summed E-state index contributed by atoms with van der Waals surface area (Å²) in [5, 5.41) is 0. The average Bonchev–Trinajstić information content (AvgIpc) is 2.94. The molecule has 3 rings (SSSR count). The lowest BCUT2D eigenvalue weighted by Gasteiger charge is -2.39. The fraction of sp³-hybridized carbons (Fsp3) is 0.650. The molecule has 2 aliphatic rings. The first-order chi connectivity index (χ1) is 11.5. The normalized spacial score (nSPS) is 21.3. The largest absolute Gasteiger partial charge is 0.348 e. The maximum atomic E-state index is 11.9. The van der Waals surface area contributed by atoms with Crippen molar-refractivity contribution < 1.29 is 4.79 Å². The van der Waals surface area contributed by atoms with E-state index in [4.69, 9.17) is 0 Å². The fourth-order valence-electron chi connectivity index (χ4n) is 4.04. The molecule has 1 aromatic rings. The van der Waals surface area contributed by atoms with E-state index in [9.17, 15) is 4.79 Å². The molecular formula is C20H31N3O. The molecule has 0 N–H and O–H groups in total. The van der Waals surface area contributed by atoms with Crippen LogP contribution in [0.15, 0.2) is 24.3 Å². The predicted octanol–water partition coefficient (Wildman–Crippen LogP) is 2.37. The summed E-state index contributed by atoms with van der Waals surface area (Å²) in [6.45, 7) is 8.34. The third-order valence-corrected chi connectivity index (χ3v) is 5.82. The minimum absolute atomic E-state index is 0.226. The average molecular weight is 329 g/mol. The van der Waals surface area contributed by atoms with Crippen LogP contribution in [0.25, 0.3) is 0 Å². The first-order valence-electron chi connectivity index (χ1n) is 9.16. The van der Waals surface area contributed by atoms with E-state index in [0.717, 1.165) is 19.6 Å². The first-order valence-corrected chi connectivity index (χ1v) is 9.16. The van der Waals surface area contributed by atoms with Crippen LogP contribution >= 0.6 is 0 Å². The number of likely N-dealkylation sites (tertiary alicyclic amines) is 2. The number of rotatable bonds is 4. The number of likely N-dealkylation sites (N-methyl/N-ethyl adjacent to an activating group) is 1. The summed E-state index contributed by atoms with van der Waals surface area (Å²) in [5.41, 5.74) is 3.20. The predicted molar refractivity (Wildman–Crippen MR) is 97.9 cm³/mol. The van der Waals surface area contributed by atoms with Crippen molar-refractivity contribution in [1.29, 1.82) is 0 Å². The highest BCUT2D eigenvalue weighted by Crippen LogP contribution is 2.40. The van der Waals surface area contributed by atoms with Gasteiger partial charge in [0.15, 0.2) is 0 Å². The van der Waals surface area contributed by atoms with Crippen LogP contribution in [0.5, 0.6) is 0 Å². The Hall–Kier alpha value is -1.39. The van der Waals surface area contributed by atoms with Crippen LogP contribution in [0, 0.1) is 12.3 Å². The number of aryl methyl sites for hydroxylation is 1. The molecule has 2 saturated heterocycles. The van der Waals surface area contributed by atoms with Crippen LogP contribution in [0.3, 0.4) is 0 Å². The minimum Gasteiger partial charge on any atom is -0.348 e. The summed E-state index contributed by atoms with van der Waals surface area (Å²) in [6.07, 6.45) is 3.79. The molecule has 1 aromatic carbocycles. The fourth-order valence-corrected chi connectivity index (χ4v) is 4.04. The summed E-state index contributed by atoms with van der Waals surface area (Å²) in [6, 6.07) is 8.92. The number of hydrogen-bond donors (Lipinski definition) is 0. The molecule has 0 aliphatic carbocycles. The Bertz CT molecular complexity index is 559.